The number of benzene rings is 1. The standard InChI is InChI=1S/C14H19NO2S/c1-15-14(18-4)11-5-9-7-12(16-2)13(17-3)8-10(9)6-11/h7-8,11H,5-6H2,1-4H3. The van der Waals surface area contributed by atoms with E-state index in [1.165, 1.54) is 16.2 Å². The highest BCUT2D eigenvalue weighted by molar-refractivity contribution is 8.13. The highest BCUT2D eigenvalue weighted by Crippen LogP contribution is 2.37. The third-order valence-corrected chi connectivity index (χ3v) is 4.35. The van der Waals surface area contributed by atoms with Gasteiger partial charge in [-0.2, -0.15) is 0 Å². The van der Waals surface area contributed by atoms with Crippen LogP contribution in [0.1, 0.15) is 11.1 Å². The SMILES string of the molecule is CN=C(SC)C1Cc2cc(OC)c(OC)cc2C1. The van der Waals surface area contributed by atoms with Crippen LogP contribution in [0.5, 0.6) is 11.5 Å². The topological polar surface area (TPSA) is 30.8 Å². The Kier molecular flexibility index (Phi) is 4.17. The summed E-state index contributed by atoms with van der Waals surface area (Å²) in [5.41, 5.74) is 2.71. The number of hydrogen-bond acceptors (Lipinski definition) is 4. The second kappa shape index (κ2) is 5.65. The average Bonchev–Trinajstić information content (AvgIpc) is 2.80. The van der Waals surface area contributed by atoms with E-state index in [-0.39, 0.29) is 0 Å². The molecule has 1 aliphatic carbocycles. The summed E-state index contributed by atoms with van der Waals surface area (Å²) < 4.78 is 10.7. The lowest BCUT2D eigenvalue weighted by molar-refractivity contribution is 0.354. The van der Waals surface area contributed by atoms with Gasteiger partial charge < -0.3 is 9.47 Å². The van der Waals surface area contributed by atoms with Crippen LogP contribution in [-0.2, 0) is 12.8 Å². The van der Waals surface area contributed by atoms with E-state index in [0.717, 1.165) is 24.3 Å². The Morgan fingerprint density at radius 1 is 1.17 bits per heavy atom. The summed E-state index contributed by atoms with van der Waals surface area (Å²) in [5.74, 6) is 2.14. The normalized spacial score (nSPS) is 15.7. The maximum absolute atomic E-state index is 5.35. The Morgan fingerprint density at radius 2 is 1.67 bits per heavy atom. The van der Waals surface area contributed by atoms with E-state index in [1.54, 1.807) is 26.0 Å². The minimum absolute atomic E-state index is 0.511. The quantitative estimate of drug-likeness (QED) is 0.622. The van der Waals surface area contributed by atoms with E-state index in [1.807, 2.05) is 7.05 Å². The van der Waals surface area contributed by atoms with Crippen molar-refractivity contribution in [3.05, 3.63) is 23.3 Å². The molecule has 98 valence electrons. The molecule has 0 aliphatic heterocycles. The fourth-order valence-electron chi connectivity index (χ4n) is 2.56. The highest BCUT2D eigenvalue weighted by atomic mass is 32.2. The van der Waals surface area contributed by atoms with Gasteiger partial charge in [-0.25, -0.2) is 0 Å². The summed E-state index contributed by atoms with van der Waals surface area (Å²) in [6, 6.07) is 4.20. The van der Waals surface area contributed by atoms with E-state index < -0.39 is 0 Å². The van der Waals surface area contributed by atoms with Crippen molar-refractivity contribution in [2.75, 3.05) is 27.5 Å². The van der Waals surface area contributed by atoms with Crippen LogP contribution in [0, 0.1) is 5.92 Å². The van der Waals surface area contributed by atoms with Crippen LogP contribution < -0.4 is 9.47 Å². The van der Waals surface area contributed by atoms with Gasteiger partial charge in [0.25, 0.3) is 0 Å². The molecule has 0 radical (unpaired) electrons. The molecule has 0 saturated heterocycles. The van der Waals surface area contributed by atoms with Gasteiger partial charge in [0.2, 0.25) is 0 Å². The minimum Gasteiger partial charge on any atom is -0.493 e. The van der Waals surface area contributed by atoms with Crippen LogP contribution in [0.15, 0.2) is 17.1 Å². The van der Waals surface area contributed by atoms with Gasteiger partial charge in [-0.3, -0.25) is 4.99 Å². The lowest BCUT2D eigenvalue weighted by atomic mass is 10.1. The minimum atomic E-state index is 0.511. The second-order valence-electron chi connectivity index (χ2n) is 4.35. The van der Waals surface area contributed by atoms with Crippen molar-refractivity contribution in [3.8, 4) is 11.5 Å². The monoisotopic (exact) mass is 265 g/mol. The molecule has 0 aromatic heterocycles. The van der Waals surface area contributed by atoms with Crippen molar-refractivity contribution >= 4 is 16.8 Å². The third-order valence-electron chi connectivity index (χ3n) is 3.42. The number of fused-ring (bicyclic) bond motifs is 1. The van der Waals surface area contributed by atoms with Gasteiger partial charge >= 0.3 is 0 Å². The Labute approximate surface area is 113 Å². The zero-order valence-electron chi connectivity index (χ0n) is 11.3. The molecule has 18 heavy (non-hydrogen) atoms. The van der Waals surface area contributed by atoms with Gasteiger partial charge in [0.05, 0.1) is 19.3 Å². The van der Waals surface area contributed by atoms with Crippen molar-refractivity contribution < 1.29 is 9.47 Å². The molecule has 0 amide bonds. The number of thioether (sulfide) groups is 1. The summed E-state index contributed by atoms with van der Waals surface area (Å²) in [4.78, 5) is 4.37. The molecule has 0 unspecified atom stereocenters. The highest BCUT2D eigenvalue weighted by Gasteiger charge is 2.26. The Balaban J connectivity index is 2.30. The first-order chi connectivity index (χ1) is 8.73. The van der Waals surface area contributed by atoms with Crippen molar-refractivity contribution in [3.63, 3.8) is 0 Å². The average molecular weight is 265 g/mol. The van der Waals surface area contributed by atoms with Crippen LogP contribution in [-0.4, -0.2) is 32.6 Å². The molecule has 2 rings (SSSR count). The predicted octanol–water partition coefficient (Wildman–Crippen LogP) is 2.81. The number of methoxy groups -OCH3 is 2. The van der Waals surface area contributed by atoms with Crippen LogP contribution in [0.3, 0.4) is 0 Å². The summed E-state index contributed by atoms with van der Waals surface area (Å²) in [6.45, 7) is 0. The molecule has 0 bridgehead atoms. The molecule has 0 atom stereocenters. The van der Waals surface area contributed by atoms with Crippen LogP contribution in [0.2, 0.25) is 0 Å². The number of rotatable bonds is 3. The van der Waals surface area contributed by atoms with Crippen LogP contribution in [0.25, 0.3) is 0 Å². The Hall–Kier alpha value is -1.16. The van der Waals surface area contributed by atoms with Gasteiger partial charge in [-0.1, -0.05) is 0 Å². The number of nitrogens with zero attached hydrogens (tertiary/aromatic N) is 1. The zero-order valence-corrected chi connectivity index (χ0v) is 12.1. The lowest BCUT2D eigenvalue weighted by Crippen LogP contribution is -2.10. The van der Waals surface area contributed by atoms with Gasteiger partial charge in [0, 0.05) is 13.0 Å². The predicted molar refractivity (Wildman–Crippen MR) is 77.3 cm³/mol. The summed E-state index contributed by atoms with van der Waals surface area (Å²) in [6.07, 6.45) is 4.18. The van der Waals surface area contributed by atoms with Crippen molar-refractivity contribution in [2.24, 2.45) is 10.9 Å². The molecule has 0 N–H and O–H groups in total. The van der Waals surface area contributed by atoms with Crippen molar-refractivity contribution in [1.82, 2.24) is 0 Å². The largest absolute Gasteiger partial charge is 0.493 e. The molecule has 1 aromatic rings. The van der Waals surface area contributed by atoms with E-state index >= 15 is 0 Å². The molecule has 3 nitrogen and oxygen atoms in total. The van der Waals surface area contributed by atoms with Crippen LogP contribution >= 0.6 is 11.8 Å². The molecule has 0 fully saturated rings. The first-order valence-electron chi connectivity index (χ1n) is 5.97. The Bertz CT molecular complexity index is 438. The van der Waals surface area contributed by atoms with Crippen molar-refractivity contribution in [1.29, 1.82) is 0 Å². The van der Waals surface area contributed by atoms with Crippen molar-refractivity contribution in [2.45, 2.75) is 12.8 Å². The molecule has 4 heteroatoms. The van der Waals surface area contributed by atoms with E-state index in [2.05, 4.69) is 23.4 Å². The third kappa shape index (κ3) is 2.34. The summed E-state index contributed by atoms with van der Waals surface area (Å²) in [7, 11) is 5.23. The molecule has 0 saturated carbocycles. The maximum Gasteiger partial charge on any atom is 0.161 e. The second-order valence-corrected chi connectivity index (χ2v) is 5.17. The van der Waals surface area contributed by atoms with Gasteiger partial charge in [-0.15, -0.1) is 11.8 Å². The number of aliphatic imine (C=N–C) groups is 1. The molecule has 0 spiro atoms. The number of hydrogen-bond donors (Lipinski definition) is 0. The smallest absolute Gasteiger partial charge is 0.161 e. The summed E-state index contributed by atoms with van der Waals surface area (Å²) in [5, 5.41) is 1.23. The lowest BCUT2D eigenvalue weighted by Gasteiger charge is -2.09. The van der Waals surface area contributed by atoms with Gasteiger partial charge in [-0.05, 0) is 42.4 Å². The fourth-order valence-corrected chi connectivity index (χ4v) is 3.24. The molecular weight excluding hydrogens is 246 g/mol. The number of ether oxygens (including phenoxy) is 2. The molecule has 1 aliphatic rings. The fraction of sp³-hybridized carbons (Fsp3) is 0.500. The van der Waals surface area contributed by atoms with E-state index in [0.29, 0.717) is 5.92 Å². The Morgan fingerprint density at radius 3 is 2.00 bits per heavy atom. The van der Waals surface area contributed by atoms with E-state index in [9.17, 15) is 0 Å². The summed E-state index contributed by atoms with van der Waals surface area (Å²) >= 11 is 1.75. The molecule has 1 aromatic carbocycles. The maximum atomic E-state index is 5.35. The van der Waals surface area contributed by atoms with Gasteiger partial charge in [0.15, 0.2) is 11.5 Å². The first-order valence-corrected chi connectivity index (χ1v) is 7.20. The van der Waals surface area contributed by atoms with Crippen LogP contribution in [0.4, 0.5) is 0 Å². The van der Waals surface area contributed by atoms with E-state index in [4.69, 9.17) is 9.47 Å². The van der Waals surface area contributed by atoms with Gasteiger partial charge in [0.1, 0.15) is 0 Å². The molecule has 0 heterocycles. The molecular formula is C14H19NO2S. The zero-order chi connectivity index (χ0) is 13.1. The first kappa shape index (κ1) is 13.3.